The number of carboxylic acids is 1. The molecular formula is C15H19NO4S. The van der Waals surface area contributed by atoms with Gasteiger partial charge >= 0.3 is 5.97 Å². The number of nitrogens with two attached hydrogens (primary N) is 1. The van der Waals surface area contributed by atoms with Gasteiger partial charge in [0, 0.05) is 24.3 Å². The van der Waals surface area contributed by atoms with Gasteiger partial charge in [0.15, 0.2) is 0 Å². The number of nitrogen functional groups attached to an aromatic ring is 1. The number of ether oxygens (including phenoxy) is 2. The Hall–Kier alpha value is -1.40. The Morgan fingerprint density at radius 3 is 3.10 bits per heavy atom. The lowest BCUT2D eigenvalue weighted by Gasteiger charge is -2.37. The van der Waals surface area contributed by atoms with Crippen molar-refractivity contribution in [3.05, 3.63) is 23.8 Å². The summed E-state index contributed by atoms with van der Waals surface area (Å²) in [7, 11) is 0. The highest BCUT2D eigenvalue weighted by molar-refractivity contribution is 7.99. The lowest BCUT2D eigenvalue weighted by Crippen LogP contribution is -2.44. The molecule has 2 saturated heterocycles. The van der Waals surface area contributed by atoms with Crippen LogP contribution in [0.25, 0.3) is 0 Å². The SMILES string of the molecule is Nc1cccc(OC2CCOC3(CCSC3)C2)c1C(=O)O. The zero-order valence-electron chi connectivity index (χ0n) is 11.7. The third-order valence-corrected chi connectivity index (χ3v) is 5.30. The molecule has 2 aliphatic heterocycles. The monoisotopic (exact) mass is 309 g/mol. The molecular weight excluding hydrogens is 290 g/mol. The van der Waals surface area contributed by atoms with Gasteiger partial charge in [-0.1, -0.05) is 6.07 Å². The van der Waals surface area contributed by atoms with Crippen molar-refractivity contribution in [2.24, 2.45) is 0 Å². The fourth-order valence-electron chi connectivity index (χ4n) is 3.00. The van der Waals surface area contributed by atoms with Crippen LogP contribution in [0.3, 0.4) is 0 Å². The predicted octanol–water partition coefficient (Wildman–Crippen LogP) is 2.40. The van der Waals surface area contributed by atoms with Gasteiger partial charge in [-0.15, -0.1) is 0 Å². The molecule has 114 valence electrons. The van der Waals surface area contributed by atoms with Gasteiger partial charge in [0.05, 0.1) is 12.2 Å². The summed E-state index contributed by atoms with van der Waals surface area (Å²) in [5.74, 6) is 1.41. The number of carboxylic acid groups (broad SMARTS) is 1. The second kappa shape index (κ2) is 5.77. The molecule has 3 N–H and O–H groups in total. The van der Waals surface area contributed by atoms with Crippen molar-refractivity contribution in [1.82, 2.24) is 0 Å². The Morgan fingerprint density at radius 1 is 1.52 bits per heavy atom. The second-order valence-corrected chi connectivity index (χ2v) is 6.70. The quantitative estimate of drug-likeness (QED) is 0.834. The lowest BCUT2D eigenvalue weighted by molar-refractivity contribution is -0.0959. The van der Waals surface area contributed by atoms with E-state index >= 15 is 0 Å². The number of aromatic carboxylic acids is 1. The third-order valence-electron chi connectivity index (χ3n) is 4.08. The van der Waals surface area contributed by atoms with E-state index in [1.165, 1.54) is 0 Å². The second-order valence-electron chi connectivity index (χ2n) is 5.59. The van der Waals surface area contributed by atoms with E-state index in [1.807, 2.05) is 11.8 Å². The van der Waals surface area contributed by atoms with E-state index in [0.717, 1.165) is 30.8 Å². The van der Waals surface area contributed by atoms with Crippen LogP contribution in [0.1, 0.15) is 29.6 Å². The molecule has 6 heteroatoms. The number of hydrogen-bond acceptors (Lipinski definition) is 5. The lowest BCUT2D eigenvalue weighted by atomic mass is 9.91. The summed E-state index contributed by atoms with van der Waals surface area (Å²) in [6, 6.07) is 4.97. The number of benzene rings is 1. The zero-order valence-corrected chi connectivity index (χ0v) is 12.5. The average molecular weight is 309 g/mol. The van der Waals surface area contributed by atoms with Crippen LogP contribution in [0.5, 0.6) is 5.75 Å². The minimum absolute atomic E-state index is 0.0163. The van der Waals surface area contributed by atoms with Crippen molar-refractivity contribution in [3.8, 4) is 5.75 Å². The number of rotatable bonds is 3. The number of thioether (sulfide) groups is 1. The van der Waals surface area contributed by atoms with Gasteiger partial charge in [-0.2, -0.15) is 11.8 Å². The summed E-state index contributed by atoms with van der Waals surface area (Å²) in [5.41, 5.74) is 5.96. The van der Waals surface area contributed by atoms with Gasteiger partial charge in [-0.05, 0) is 24.3 Å². The van der Waals surface area contributed by atoms with Gasteiger partial charge in [-0.3, -0.25) is 0 Å². The van der Waals surface area contributed by atoms with Crippen LogP contribution < -0.4 is 10.5 Å². The summed E-state index contributed by atoms with van der Waals surface area (Å²) in [6.07, 6.45) is 2.62. The first-order valence-corrected chi connectivity index (χ1v) is 8.25. The van der Waals surface area contributed by atoms with Crippen LogP contribution in [-0.4, -0.2) is 40.9 Å². The zero-order chi connectivity index (χ0) is 14.9. The van der Waals surface area contributed by atoms with Gasteiger partial charge < -0.3 is 20.3 Å². The molecule has 0 saturated carbocycles. The molecule has 2 aliphatic rings. The highest BCUT2D eigenvalue weighted by Gasteiger charge is 2.41. The van der Waals surface area contributed by atoms with Gasteiger partial charge in [0.2, 0.25) is 0 Å². The molecule has 1 spiro atoms. The normalized spacial score (nSPS) is 28.7. The summed E-state index contributed by atoms with van der Waals surface area (Å²) in [6.45, 7) is 0.663. The van der Waals surface area contributed by atoms with Crippen molar-refractivity contribution < 1.29 is 19.4 Å². The van der Waals surface area contributed by atoms with Crippen LogP contribution in [0.4, 0.5) is 5.69 Å². The summed E-state index contributed by atoms with van der Waals surface area (Å²) >= 11 is 1.90. The molecule has 0 aliphatic carbocycles. The van der Waals surface area contributed by atoms with Crippen molar-refractivity contribution in [2.75, 3.05) is 23.8 Å². The fraction of sp³-hybridized carbons (Fsp3) is 0.533. The Morgan fingerprint density at radius 2 is 2.38 bits per heavy atom. The minimum atomic E-state index is -1.05. The Balaban J connectivity index is 1.77. The highest BCUT2D eigenvalue weighted by atomic mass is 32.2. The number of carbonyl (C=O) groups is 1. The van der Waals surface area contributed by atoms with Crippen LogP contribution in [0, 0.1) is 0 Å². The van der Waals surface area contributed by atoms with Crippen molar-refractivity contribution in [1.29, 1.82) is 0 Å². The van der Waals surface area contributed by atoms with Crippen LogP contribution in [-0.2, 0) is 4.74 Å². The van der Waals surface area contributed by atoms with Crippen LogP contribution >= 0.6 is 11.8 Å². The summed E-state index contributed by atoms with van der Waals surface area (Å²) in [4.78, 5) is 11.3. The maximum Gasteiger partial charge on any atom is 0.341 e. The largest absolute Gasteiger partial charge is 0.489 e. The number of anilines is 1. The molecule has 0 amide bonds. The number of hydrogen-bond donors (Lipinski definition) is 2. The van der Waals surface area contributed by atoms with E-state index in [2.05, 4.69) is 0 Å². The average Bonchev–Trinajstić information content (AvgIpc) is 2.86. The smallest absolute Gasteiger partial charge is 0.341 e. The first-order valence-electron chi connectivity index (χ1n) is 7.10. The Kier molecular flexibility index (Phi) is 3.99. The highest BCUT2D eigenvalue weighted by Crippen LogP contribution is 2.39. The molecule has 2 heterocycles. The predicted molar refractivity (Wildman–Crippen MR) is 82.1 cm³/mol. The first-order chi connectivity index (χ1) is 10.1. The molecule has 3 rings (SSSR count). The van der Waals surface area contributed by atoms with Gasteiger partial charge in [0.1, 0.15) is 17.4 Å². The summed E-state index contributed by atoms with van der Waals surface area (Å²) < 4.78 is 11.9. The van der Waals surface area contributed by atoms with Gasteiger partial charge in [0.25, 0.3) is 0 Å². The molecule has 0 radical (unpaired) electrons. The topological polar surface area (TPSA) is 81.8 Å². The van der Waals surface area contributed by atoms with E-state index in [9.17, 15) is 9.90 Å². The Labute approximate surface area is 127 Å². The van der Waals surface area contributed by atoms with E-state index in [-0.39, 0.29) is 23.0 Å². The van der Waals surface area contributed by atoms with Gasteiger partial charge in [-0.25, -0.2) is 4.79 Å². The minimum Gasteiger partial charge on any atom is -0.489 e. The van der Waals surface area contributed by atoms with E-state index in [1.54, 1.807) is 18.2 Å². The molecule has 2 atom stereocenters. The molecule has 1 aromatic rings. The van der Waals surface area contributed by atoms with E-state index in [0.29, 0.717) is 12.4 Å². The molecule has 5 nitrogen and oxygen atoms in total. The molecule has 2 unspecified atom stereocenters. The van der Waals surface area contributed by atoms with E-state index in [4.69, 9.17) is 15.2 Å². The molecule has 2 fully saturated rings. The van der Waals surface area contributed by atoms with Crippen molar-refractivity contribution >= 4 is 23.4 Å². The fourth-order valence-corrected chi connectivity index (χ4v) is 4.38. The van der Waals surface area contributed by atoms with Crippen molar-refractivity contribution in [3.63, 3.8) is 0 Å². The third kappa shape index (κ3) is 2.96. The van der Waals surface area contributed by atoms with Crippen LogP contribution in [0.15, 0.2) is 18.2 Å². The summed E-state index contributed by atoms with van der Waals surface area (Å²) in [5, 5.41) is 9.29. The molecule has 0 aromatic heterocycles. The van der Waals surface area contributed by atoms with Crippen molar-refractivity contribution in [2.45, 2.75) is 31.0 Å². The maximum atomic E-state index is 11.3. The molecule has 21 heavy (non-hydrogen) atoms. The van der Waals surface area contributed by atoms with Crippen LogP contribution in [0.2, 0.25) is 0 Å². The standard InChI is InChI=1S/C15H19NO4S/c16-11-2-1-3-12(13(11)14(17)18)20-10-4-6-19-15(8-10)5-7-21-9-15/h1-3,10H,4-9,16H2,(H,17,18). The van der Waals surface area contributed by atoms with E-state index < -0.39 is 5.97 Å². The Bertz CT molecular complexity index is 542. The first kappa shape index (κ1) is 14.5. The molecule has 0 bridgehead atoms. The molecule has 1 aromatic carbocycles. The maximum absolute atomic E-state index is 11.3.